The number of nitrogens with one attached hydrogen (secondary N) is 2. The van der Waals surface area contributed by atoms with Crippen LogP contribution < -0.4 is 10.6 Å². The highest BCUT2D eigenvalue weighted by Crippen LogP contribution is 2.12. The summed E-state index contributed by atoms with van der Waals surface area (Å²) in [5.74, 6) is -0.318. The van der Waals surface area contributed by atoms with Gasteiger partial charge in [-0.15, -0.1) is 0 Å². The third-order valence-electron chi connectivity index (χ3n) is 2.74. The smallest absolute Gasteiger partial charge is 0.239 e. The molecule has 20 heavy (non-hydrogen) atoms. The Bertz CT molecular complexity index is 464. The molecule has 0 spiro atoms. The SMILES string of the molecule is CC(C)(C)C(=O)NCC(=O)NCCc1ccc(Cl)cc1. The van der Waals surface area contributed by atoms with Gasteiger partial charge in [0.25, 0.3) is 0 Å². The summed E-state index contributed by atoms with van der Waals surface area (Å²) in [6.07, 6.45) is 0.732. The van der Waals surface area contributed by atoms with Gasteiger partial charge in [0.1, 0.15) is 0 Å². The Kier molecular flexibility index (Phi) is 6.02. The van der Waals surface area contributed by atoms with Crippen molar-refractivity contribution < 1.29 is 9.59 Å². The minimum absolute atomic E-state index is 0.0106. The zero-order chi connectivity index (χ0) is 15.2. The van der Waals surface area contributed by atoms with E-state index >= 15 is 0 Å². The molecule has 0 aliphatic heterocycles. The van der Waals surface area contributed by atoms with E-state index in [1.54, 1.807) is 20.8 Å². The Balaban J connectivity index is 2.24. The number of halogens is 1. The van der Waals surface area contributed by atoms with Crippen LogP contribution in [0.25, 0.3) is 0 Å². The van der Waals surface area contributed by atoms with Gasteiger partial charge in [0.15, 0.2) is 0 Å². The highest BCUT2D eigenvalue weighted by Gasteiger charge is 2.21. The molecule has 0 radical (unpaired) electrons. The summed E-state index contributed by atoms with van der Waals surface area (Å²) < 4.78 is 0. The van der Waals surface area contributed by atoms with Gasteiger partial charge in [-0.2, -0.15) is 0 Å². The largest absolute Gasteiger partial charge is 0.354 e. The van der Waals surface area contributed by atoms with Gasteiger partial charge in [-0.3, -0.25) is 9.59 Å². The van der Waals surface area contributed by atoms with Crippen LogP contribution in [0.15, 0.2) is 24.3 Å². The number of benzene rings is 1. The van der Waals surface area contributed by atoms with Crippen LogP contribution in [0.1, 0.15) is 26.3 Å². The maximum absolute atomic E-state index is 11.6. The Morgan fingerprint density at radius 1 is 1.10 bits per heavy atom. The molecule has 5 heteroatoms. The van der Waals surface area contributed by atoms with Crippen molar-refractivity contribution in [2.75, 3.05) is 13.1 Å². The topological polar surface area (TPSA) is 58.2 Å². The molecule has 2 amide bonds. The van der Waals surface area contributed by atoms with Gasteiger partial charge in [0.2, 0.25) is 11.8 Å². The van der Waals surface area contributed by atoms with Crippen molar-refractivity contribution in [1.82, 2.24) is 10.6 Å². The molecule has 0 fully saturated rings. The number of carbonyl (C=O) groups is 2. The minimum Gasteiger partial charge on any atom is -0.354 e. The van der Waals surface area contributed by atoms with Crippen molar-refractivity contribution in [2.24, 2.45) is 5.41 Å². The van der Waals surface area contributed by atoms with Gasteiger partial charge in [-0.05, 0) is 24.1 Å². The molecule has 0 saturated carbocycles. The van der Waals surface area contributed by atoms with Gasteiger partial charge < -0.3 is 10.6 Å². The van der Waals surface area contributed by atoms with Crippen LogP contribution in [0.4, 0.5) is 0 Å². The van der Waals surface area contributed by atoms with Crippen LogP contribution >= 0.6 is 11.6 Å². The average molecular weight is 297 g/mol. The fourth-order valence-electron chi connectivity index (χ4n) is 1.49. The zero-order valence-corrected chi connectivity index (χ0v) is 12.9. The van der Waals surface area contributed by atoms with E-state index in [-0.39, 0.29) is 18.4 Å². The van der Waals surface area contributed by atoms with Crippen LogP contribution in [0.2, 0.25) is 5.02 Å². The first-order chi connectivity index (χ1) is 9.29. The van der Waals surface area contributed by atoms with Crippen LogP contribution in [0.5, 0.6) is 0 Å². The Hall–Kier alpha value is -1.55. The summed E-state index contributed by atoms with van der Waals surface area (Å²) in [6.45, 7) is 5.96. The van der Waals surface area contributed by atoms with Gasteiger partial charge in [-0.1, -0.05) is 44.5 Å². The molecule has 0 unspecified atom stereocenters. The highest BCUT2D eigenvalue weighted by atomic mass is 35.5. The van der Waals surface area contributed by atoms with Crippen molar-refractivity contribution in [3.05, 3.63) is 34.9 Å². The van der Waals surface area contributed by atoms with Crippen LogP contribution in [-0.2, 0) is 16.0 Å². The number of hydrogen-bond acceptors (Lipinski definition) is 2. The Morgan fingerprint density at radius 3 is 2.25 bits per heavy atom. The molecule has 1 aromatic carbocycles. The molecule has 0 aliphatic carbocycles. The molecule has 1 rings (SSSR count). The van der Waals surface area contributed by atoms with Crippen molar-refractivity contribution in [3.63, 3.8) is 0 Å². The molecule has 4 nitrogen and oxygen atoms in total. The maximum Gasteiger partial charge on any atom is 0.239 e. The predicted octanol–water partition coefficient (Wildman–Crippen LogP) is 2.16. The fourth-order valence-corrected chi connectivity index (χ4v) is 1.61. The fraction of sp³-hybridized carbons (Fsp3) is 0.467. The molecule has 0 heterocycles. The number of amides is 2. The third-order valence-corrected chi connectivity index (χ3v) is 2.99. The molecule has 2 N–H and O–H groups in total. The van der Waals surface area contributed by atoms with Gasteiger partial charge >= 0.3 is 0 Å². The summed E-state index contributed by atoms with van der Waals surface area (Å²) in [5, 5.41) is 6.07. The molecule has 0 aliphatic rings. The standard InChI is InChI=1S/C15H21ClN2O2/c1-15(2,3)14(20)18-10-13(19)17-9-8-11-4-6-12(16)7-5-11/h4-7H,8-10H2,1-3H3,(H,17,19)(H,18,20). The molecule has 0 bridgehead atoms. The first kappa shape index (κ1) is 16.5. The molecular formula is C15H21ClN2O2. The number of rotatable bonds is 5. The van der Waals surface area contributed by atoms with Crippen molar-refractivity contribution >= 4 is 23.4 Å². The maximum atomic E-state index is 11.6. The molecule has 1 aromatic rings. The van der Waals surface area contributed by atoms with E-state index in [9.17, 15) is 9.59 Å². The quantitative estimate of drug-likeness (QED) is 0.875. The van der Waals surface area contributed by atoms with Crippen molar-refractivity contribution in [1.29, 1.82) is 0 Å². The van der Waals surface area contributed by atoms with E-state index in [2.05, 4.69) is 10.6 Å². The molecule has 110 valence electrons. The first-order valence-corrected chi connectivity index (χ1v) is 6.96. The second kappa shape index (κ2) is 7.29. The van der Waals surface area contributed by atoms with E-state index in [4.69, 9.17) is 11.6 Å². The molecule has 0 saturated heterocycles. The van der Waals surface area contributed by atoms with E-state index in [1.165, 1.54) is 0 Å². The van der Waals surface area contributed by atoms with Crippen LogP contribution in [0.3, 0.4) is 0 Å². The average Bonchev–Trinajstić information content (AvgIpc) is 2.37. The van der Waals surface area contributed by atoms with E-state index < -0.39 is 5.41 Å². The van der Waals surface area contributed by atoms with Crippen LogP contribution in [0, 0.1) is 5.41 Å². The van der Waals surface area contributed by atoms with E-state index in [0.717, 1.165) is 12.0 Å². The summed E-state index contributed by atoms with van der Waals surface area (Å²) in [6, 6.07) is 7.50. The Morgan fingerprint density at radius 2 is 1.70 bits per heavy atom. The van der Waals surface area contributed by atoms with Crippen molar-refractivity contribution in [2.45, 2.75) is 27.2 Å². The normalized spacial score (nSPS) is 11.0. The number of hydrogen-bond donors (Lipinski definition) is 2. The minimum atomic E-state index is -0.483. The summed E-state index contributed by atoms with van der Waals surface area (Å²) >= 11 is 5.79. The monoisotopic (exact) mass is 296 g/mol. The first-order valence-electron chi connectivity index (χ1n) is 6.58. The van der Waals surface area contributed by atoms with Gasteiger partial charge in [0.05, 0.1) is 6.54 Å². The lowest BCUT2D eigenvalue weighted by Gasteiger charge is -2.17. The molecule has 0 atom stereocenters. The van der Waals surface area contributed by atoms with Crippen molar-refractivity contribution in [3.8, 4) is 0 Å². The lowest BCUT2D eigenvalue weighted by atomic mass is 9.96. The number of carbonyl (C=O) groups excluding carboxylic acids is 2. The van der Waals surface area contributed by atoms with E-state index in [1.807, 2.05) is 24.3 Å². The molecular weight excluding hydrogens is 276 g/mol. The summed E-state index contributed by atoms with van der Waals surface area (Å²) in [5.41, 5.74) is 0.622. The summed E-state index contributed by atoms with van der Waals surface area (Å²) in [4.78, 5) is 23.2. The lowest BCUT2D eigenvalue weighted by molar-refractivity contribution is -0.131. The van der Waals surface area contributed by atoms with Crippen LogP contribution in [-0.4, -0.2) is 24.9 Å². The third kappa shape index (κ3) is 6.06. The van der Waals surface area contributed by atoms with Gasteiger partial charge in [0, 0.05) is 17.0 Å². The van der Waals surface area contributed by atoms with Gasteiger partial charge in [-0.25, -0.2) is 0 Å². The molecule has 0 aromatic heterocycles. The second-order valence-corrected chi connectivity index (χ2v) is 6.10. The predicted molar refractivity (Wildman–Crippen MR) is 80.6 cm³/mol. The summed E-state index contributed by atoms with van der Waals surface area (Å²) in [7, 11) is 0. The zero-order valence-electron chi connectivity index (χ0n) is 12.1. The Labute approximate surface area is 124 Å². The highest BCUT2D eigenvalue weighted by molar-refractivity contribution is 6.30. The second-order valence-electron chi connectivity index (χ2n) is 5.66. The van der Waals surface area contributed by atoms with E-state index in [0.29, 0.717) is 11.6 Å². The lowest BCUT2D eigenvalue weighted by Crippen LogP contribution is -2.42.